The van der Waals surface area contributed by atoms with Crippen molar-refractivity contribution in [3.63, 3.8) is 0 Å². The van der Waals surface area contributed by atoms with E-state index in [1.165, 1.54) is 0 Å². The van der Waals surface area contributed by atoms with E-state index in [0.29, 0.717) is 4.99 Å². The van der Waals surface area contributed by atoms with Gasteiger partial charge in [-0.1, -0.05) is 30.4 Å². The summed E-state index contributed by atoms with van der Waals surface area (Å²) in [6, 6.07) is 14.0. The summed E-state index contributed by atoms with van der Waals surface area (Å²) in [7, 11) is 0. The zero-order valence-electron chi connectivity index (χ0n) is 12.8. The molecule has 4 nitrogen and oxygen atoms in total. The molecule has 2 heterocycles. The third kappa shape index (κ3) is 4.37. The minimum atomic E-state index is 0.689. The van der Waals surface area contributed by atoms with Crippen molar-refractivity contribution in [1.82, 2.24) is 9.88 Å². The Bertz CT molecular complexity index is 667. The highest BCUT2D eigenvalue weighted by Crippen LogP contribution is 2.20. The summed E-state index contributed by atoms with van der Waals surface area (Å²) in [5.74, 6) is 0. The van der Waals surface area contributed by atoms with Gasteiger partial charge in [0.05, 0.1) is 13.2 Å². The van der Waals surface area contributed by atoms with Crippen molar-refractivity contribution in [1.29, 1.82) is 0 Å². The van der Waals surface area contributed by atoms with E-state index in [4.69, 9.17) is 17.0 Å². The lowest BCUT2D eigenvalue weighted by Crippen LogP contribution is -2.35. The molecule has 0 bridgehead atoms. The molecule has 1 aromatic carbocycles. The molecule has 1 fully saturated rings. The van der Waals surface area contributed by atoms with E-state index in [0.717, 1.165) is 43.3 Å². The number of thiocarbonyl (C=S) groups is 1. The first kappa shape index (κ1) is 15.6. The number of benzene rings is 1. The molecule has 1 aliphatic heterocycles. The van der Waals surface area contributed by atoms with E-state index in [1.807, 2.05) is 48.5 Å². The maximum Gasteiger partial charge on any atom is 0.105 e. The number of rotatable bonds is 4. The number of nitrogens with zero attached hydrogens (tertiary/aromatic N) is 2. The first-order chi connectivity index (χ1) is 11.3. The average Bonchev–Trinajstić information content (AvgIpc) is 2.62. The lowest BCUT2D eigenvalue weighted by Gasteiger charge is -2.31. The normalized spacial score (nSPS) is 15.3. The van der Waals surface area contributed by atoms with Crippen LogP contribution in [0.2, 0.25) is 0 Å². The van der Waals surface area contributed by atoms with Crippen LogP contribution in [0.4, 0.5) is 5.69 Å². The average molecular weight is 325 g/mol. The Kier molecular flexibility index (Phi) is 5.34. The highest BCUT2D eigenvalue weighted by Gasteiger charge is 2.15. The molecule has 23 heavy (non-hydrogen) atoms. The lowest BCUT2D eigenvalue weighted by molar-refractivity contribution is 0.0640. The summed E-state index contributed by atoms with van der Waals surface area (Å²) in [6.45, 7) is 3.20. The topological polar surface area (TPSA) is 37.4 Å². The molecule has 3 rings (SSSR count). The molecule has 0 radical (unpaired) electrons. The van der Waals surface area contributed by atoms with E-state index < -0.39 is 0 Å². The van der Waals surface area contributed by atoms with Crippen molar-refractivity contribution in [3.05, 3.63) is 66.5 Å². The van der Waals surface area contributed by atoms with Gasteiger partial charge in [-0.2, -0.15) is 0 Å². The van der Waals surface area contributed by atoms with Crippen LogP contribution in [0.25, 0.3) is 5.70 Å². The molecule has 1 N–H and O–H groups in total. The number of aromatic nitrogens is 1. The van der Waals surface area contributed by atoms with Crippen LogP contribution in [0.3, 0.4) is 0 Å². The SMILES string of the molecule is S=C(C=C(c1ccncc1)N1CCOCC1)Nc1ccccc1. The van der Waals surface area contributed by atoms with E-state index in [2.05, 4.69) is 15.2 Å². The Hall–Kier alpha value is -2.24. The van der Waals surface area contributed by atoms with Gasteiger partial charge in [-0.05, 0) is 30.3 Å². The molecule has 5 heteroatoms. The molecule has 0 saturated carbocycles. The Balaban J connectivity index is 1.83. The Morgan fingerprint density at radius 2 is 1.78 bits per heavy atom. The van der Waals surface area contributed by atoms with Crippen molar-refractivity contribution in [2.24, 2.45) is 0 Å². The van der Waals surface area contributed by atoms with E-state index >= 15 is 0 Å². The first-order valence-electron chi connectivity index (χ1n) is 7.64. The van der Waals surface area contributed by atoms with Gasteiger partial charge in [0.15, 0.2) is 0 Å². The summed E-state index contributed by atoms with van der Waals surface area (Å²) in [5, 5.41) is 3.26. The van der Waals surface area contributed by atoms with Crippen molar-refractivity contribution in [2.75, 3.05) is 31.6 Å². The maximum absolute atomic E-state index is 5.52. The molecule has 1 aromatic heterocycles. The molecule has 0 unspecified atom stereocenters. The van der Waals surface area contributed by atoms with Gasteiger partial charge in [-0.25, -0.2) is 0 Å². The first-order valence-corrected chi connectivity index (χ1v) is 8.04. The standard InChI is InChI=1S/C18H19N3OS/c23-18(20-16-4-2-1-3-5-16)14-17(15-6-8-19-9-7-15)21-10-12-22-13-11-21/h1-9,14H,10-13H2,(H,20,23). The van der Waals surface area contributed by atoms with Crippen LogP contribution in [0.15, 0.2) is 60.9 Å². The zero-order valence-corrected chi connectivity index (χ0v) is 13.6. The monoisotopic (exact) mass is 325 g/mol. The van der Waals surface area contributed by atoms with Crippen LogP contribution in [-0.4, -0.2) is 41.2 Å². The van der Waals surface area contributed by atoms with E-state index in [1.54, 1.807) is 12.4 Å². The van der Waals surface area contributed by atoms with Crippen LogP contribution in [0.1, 0.15) is 5.56 Å². The number of para-hydroxylation sites is 1. The molecular weight excluding hydrogens is 306 g/mol. The fourth-order valence-corrected chi connectivity index (χ4v) is 2.74. The van der Waals surface area contributed by atoms with Gasteiger partial charge in [-0.3, -0.25) is 4.98 Å². The van der Waals surface area contributed by atoms with Gasteiger partial charge in [0.2, 0.25) is 0 Å². The van der Waals surface area contributed by atoms with Gasteiger partial charge >= 0.3 is 0 Å². The lowest BCUT2D eigenvalue weighted by atomic mass is 10.1. The zero-order chi connectivity index (χ0) is 15.9. The molecule has 0 spiro atoms. The summed E-state index contributed by atoms with van der Waals surface area (Å²) >= 11 is 5.52. The number of ether oxygens (including phenoxy) is 1. The predicted octanol–water partition coefficient (Wildman–Crippen LogP) is 3.19. The Morgan fingerprint density at radius 3 is 2.48 bits per heavy atom. The second-order valence-electron chi connectivity index (χ2n) is 5.22. The number of hydrogen-bond donors (Lipinski definition) is 1. The molecule has 0 amide bonds. The van der Waals surface area contributed by atoms with Gasteiger partial charge in [0, 0.05) is 42.4 Å². The molecule has 0 aliphatic carbocycles. The minimum absolute atomic E-state index is 0.689. The fourth-order valence-electron chi connectivity index (χ4n) is 2.51. The number of anilines is 1. The van der Waals surface area contributed by atoms with Gasteiger partial charge in [0.1, 0.15) is 4.99 Å². The van der Waals surface area contributed by atoms with Crippen LogP contribution >= 0.6 is 12.2 Å². The number of hydrogen-bond acceptors (Lipinski definition) is 4. The summed E-state index contributed by atoms with van der Waals surface area (Å²) in [6.07, 6.45) is 5.62. The predicted molar refractivity (Wildman–Crippen MR) is 97.3 cm³/mol. The number of pyridine rings is 1. The quantitative estimate of drug-likeness (QED) is 0.690. The molecular formula is C18H19N3OS. The smallest absolute Gasteiger partial charge is 0.105 e. The van der Waals surface area contributed by atoms with Gasteiger partial charge < -0.3 is 15.0 Å². The summed E-state index contributed by atoms with van der Waals surface area (Å²) < 4.78 is 5.46. The van der Waals surface area contributed by atoms with Crippen LogP contribution in [0, 0.1) is 0 Å². The maximum atomic E-state index is 5.52. The Morgan fingerprint density at radius 1 is 1.09 bits per heavy atom. The van der Waals surface area contributed by atoms with Crippen molar-refractivity contribution in [3.8, 4) is 0 Å². The molecule has 118 valence electrons. The minimum Gasteiger partial charge on any atom is -0.378 e. The van der Waals surface area contributed by atoms with Gasteiger partial charge in [0.25, 0.3) is 0 Å². The van der Waals surface area contributed by atoms with Crippen LogP contribution in [-0.2, 0) is 4.74 Å². The third-order valence-corrected chi connectivity index (χ3v) is 3.86. The number of nitrogens with one attached hydrogen (secondary N) is 1. The second kappa shape index (κ2) is 7.85. The molecule has 0 atom stereocenters. The second-order valence-corrected chi connectivity index (χ2v) is 5.66. The van der Waals surface area contributed by atoms with Crippen molar-refractivity contribution < 1.29 is 4.74 Å². The van der Waals surface area contributed by atoms with E-state index in [-0.39, 0.29) is 0 Å². The molecule has 1 aliphatic rings. The van der Waals surface area contributed by atoms with Crippen LogP contribution < -0.4 is 5.32 Å². The Labute approximate surface area is 141 Å². The van der Waals surface area contributed by atoms with Crippen molar-refractivity contribution >= 4 is 28.6 Å². The molecule has 2 aromatic rings. The highest BCUT2D eigenvalue weighted by atomic mass is 32.1. The van der Waals surface area contributed by atoms with E-state index in [9.17, 15) is 0 Å². The van der Waals surface area contributed by atoms with Crippen LogP contribution in [0.5, 0.6) is 0 Å². The largest absolute Gasteiger partial charge is 0.378 e. The highest BCUT2D eigenvalue weighted by molar-refractivity contribution is 7.81. The summed E-state index contributed by atoms with van der Waals surface area (Å²) in [4.78, 5) is 7.09. The fraction of sp³-hybridized carbons (Fsp3) is 0.222. The van der Waals surface area contributed by atoms with Crippen molar-refractivity contribution in [2.45, 2.75) is 0 Å². The number of morpholine rings is 1. The van der Waals surface area contributed by atoms with Gasteiger partial charge in [-0.15, -0.1) is 0 Å². The molecule has 1 saturated heterocycles. The summed E-state index contributed by atoms with van der Waals surface area (Å²) in [5.41, 5.74) is 3.20. The third-order valence-electron chi connectivity index (χ3n) is 3.64.